The first kappa shape index (κ1) is 18.1. The van der Waals surface area contributed by atoms with Crippen molar-refractivity contribution in [3.8, 4) is 0 Å². The Bertz CT molecular complexity index is 384. The zero-order valence-electron chi connectivity index (χ0n) is 15.2. The summed E-state index contributed by atoms with van der Waals surface area (Å²) in [4.78, 5) is 15.7. The molecular formula is C18H34N4O2. The van der Waals surface area contributed by atoms with E-state index in [0.29, 0.717) is 6.04 Å². The fraction of sp³-hybridized carbons (Fsp3) is 0.944. The van der Waals surface area contributed by atoms with Crippen molar-refractivity contribution in [2.45, 2.75) is 57.5 Å². The summed E-state index contributed by atoms with van der Waals surface area (Å²) >= 11 is 0. The summed E-state index contributed by atoms with van der Waals surface area (Å²) in [7, 11) is 0. The Morgan fingerprint density at radius 1 is 1.12 bits per heavy atom. The van der Waals surface area contributed by atoms with Gasteiger partial charge >= 0.3 is 0 Å². The second-order valence-corrected chi connectivity index (χ2v) is 7.53. The molecule has 1 N–H and O–H groups in total. The number of fused-ring (bicyclic) bond motifs is 1. The van der Waals surface area contributed by atoms with E-state index >= 15 is 0 Å². The van der Waals surface area contributed by atoms with Crippen molar-refractivity contribution in [3.05, 3.63) is 0 Å². The zero-order valence-corrected chi connectivity index (χ0v) is 15.2. The molecule has 0 saturated carbocycles. The molecule has 0 bridgehead atoms. The van der Waals surface area contributed by atoms with Crippen LogP contribution in [0.15, 0.2) is 0 Å². The fourth-order valence-corrected chi connectivity index (χ4v) is 4.19. The quantitative estimate of drug-likeness (QED) is 0.704. The number of unbranched alkanes of at least 4 members (excludes halogenated alkanes) is 1. The molecule has 0 radical (unpaired) electrons. The highest BCUT2D eigenvalue weighted by atomic mass is 16.5. The molecule has 3 aliphatic rings. The van der Waals surface area contributed by atoms with Gasteiger partial charge in [-0.05, 0) is 38.6 Å². The summed E-state index contributed by atoms with van der Waals surface area (Å²) in [5.74, 6) is 0.208. The van der Waals surface area contributed by atoms with Crippen molar-refractivity contribution in [2.24, 2.45) is 0 Å². The highest BCUT2D eigenvalue weighted by Crippen LogP contribution is 2.24. The van der Waals surface area contributed by atoms with Crippen LogP contribution in [0.1, 0.15) is 45.4 Å². The average Bonchev–Trinajstić information content (AvgIpc) is 3.01. The van der Waals surface area contributed by atoms with E-state index in [9.17, 15) is 4.79 Å². The second kappa shape index (κ2) is 9.13. The lowest BCUT2D eigenvalue weighted by atomic mass is 10.0. The van der Waals surface area contributed by atoms with Gasteiger partial charge in [0.1, 0.15) is 0 Å². The van der Waals surface area contributed by atoms with Gasteiger partial charge in [-0.3, -0.25) is 9.69 Å². The minimum atomic E-state index is 0.208. The van der Waals surface area contributed by atoms with Crippen LogP contribution >= 0.6 is 0 Å². The summed E-state index contributed by atoms with van der Waals surface area (Å²) in [6.45, 7) is 9.53. The average molecular weight is 338 g/mol. The van der Waals surface area contributed by atoms with Crippen molar-refractivity contribution in [3.63, 3.8) is 0 Å². The summed E-state index contributed by atoms with van der Waals surface area (Å²) in [5, 5.41) is 2.44. The van der Waals surface area contributed by atoms with Gasteiger partial charge in [-0.15, -0.1) is 0 Å². The highest BCUT2D eigenvalue weighted by molar-refractivity contribution is 5.73. The van der Waals surface area contributed by atoms with E-state index in [1.807, 2.05) is 4.90 Å². The van der Waals surface area contributed by atoms with Gasteiger partial charge in [-0.25, -0.2) is 10.4 Å². The summed E-state index contributed by atoms with van der Waals surface area (Å²) in [6, 6.07) is 1.27. The minimum Gasteiger partial charge on any atom is -0.380 e. The number of hydrogen-bond acceptors (Lipinski definition) is 5. The van der Waals surface area contributed by atoms with E-state index in [-0.39, 0.29) is 5.91 Å². The normalized spacial score (nSPS) is 29.0. The molecule has 0 aromatic heterocycles. The standard InChI is InChI=1S/C18H34N4O2/c1-16(23)21-11-9-20(10-12-21)7-4-5-13-24-15-17-14-18-6-2-3-8-22(18)19-17/h17-19H,2-15H2,1H3. The van der Waals surface area contributed by atoms with Crippen LogP contribution in [0, 0.1) is 0 Å². The number of hydrazine groups is 1. The number of carbonyl (C=O) groups is 1. The monoisotopic (exact) mass is 338 g/mol. The molecule has 3 aliphatic heterocycles. The van der Waals surface area contributed by atoms with Crippen molar-refractivity contribution in [1.29, 1.82) is 0 Å². The Labute approximate surface area is 146 Å². The number of piperazine rings is 1. The molecule has 24 heavy (non-hydrogen) atoms. The Kier molecular flexibility index (Phi) is 6.89. The smallest absolute Gasteiger partial charge is 0.219 e. The van der Waals surface area contributed by atoms with Gasteiger partial charge in [-0.2, -0.15) is 0 Å². The molecule has 3 rings (SSSR count). The Morgan fingerprint density at radius 3 is 2.71 bits per heavy atom. The largest absolute Gasteiger partial charge is 0.380 e. The van der Waals surface area contributed by atoms with Crippen LogP contribution in [0.25, 0.3) is 0 Å². The summed E-state index contributed by atoms with van der Waals surface area (Å²) < 4.78 is 5.90. The molecule has 0 spiro atoms. The molecule has 0 aromatic carbocycles. The van der Waals surface area contributed by atoms with E-state index in [0.717, 1.165) is 58.4 Å². The molecule has 3 heterocycles. The van der Waals surface area contributed by atoms with Gasteiger partial charge < -0.3 is 9.64 Å². The molecule has 2 unspecified atom stereocenters. The van der Waals surface area contributed by atoms with Crippen LogP contribution < -0.4 is 5.43 Å². The van der Waals surface area contributed by atoms with Gasteiger partial charge in [0.25, 0.3) is 0 Å². The van der Waals surface area contributed by atoms with Crippen LogP contribution in [0.4, 0.5) is 0 Å². The molecule has 138 valence electrons. The number of carbonyl (C=O) groups excluding carboxylic acids is 1. The first-order chi connectivity index (χ1) is 11.7. The molecule has 3 fully saturated rings. The zero-order chi connectivity index (χ0) is 16.8. The number of ether oxygens (including phenoxy) is 1. The van der Waals surface area contributed by atoms with E-state index in [1.54, 1.807) is 6.92 Å². The molecule has 0 aromatic rings. The van der Waals surface area contributed by atoms with Gasteiger partial charge in [0.05, 0.1) is 6.61 Å². The number of piperidine rings is 1. The van der Waals surface area contributed by atoms with Crippen molar-refractivity contribution in [2.75, 3.05) is 52.5 Å². The SMILES string of the molecule is CC(=O)N1CCN(CCCCOCC2CC3CCCCN3N2)CC1. The van der Waals surface area contributed by atoms with E-state index in [1.165, 1.54) is 38.6 Å². The molecular weight excluding hydrogens is 304 g/mol. The molecule has 1 amide bonds. The molecule has 6 nitrogen and oxygen atoms in total. The molecule has 2 atom stereocenters. The van der Waals surface area contributed by atoms with Crippen LogP contribution in [0.5, 0.6) is 0 Å². The first-order valence-electron chi connectivity index (χ1n) is 9.81. The highest BCUT2D eigenvalue weighted by Gasteiger charge is 2.32. The van der Waals surface area contributed by atoms with Crippen LogP contribution in [-0.2, 0) is 9.53 Å². The number of nitrogens with zero attached hydrogens (tertiary/aromatic N) is 3. The van der Waals surface area contributed by atoms with Gasteiger partial charge in [-0.1, -0.05) is 6.42 Å². The maximum absolute atomic E-state index is 11.3. The number of nitrogens with one attached hydrogen (secondary N) is 1. The van der Waals surface area contributed by atoms with E-state index < -0.39 is 0 Å². The lowest BCUT2D eigenvalue weighted by molar-refractivity contribution is -0.130. The third-order valence-electron chi connectivity index (χ3n) is 5.68. The van der Waals surface area contributed by atoms with Gasteiger partial charge in [0.2, 0.25) is 5.91 Å². The lowest BCUT2D eigenvalue weighted by Gasteiger charge is -2.34. The Balaban J connectivity index is 1.18. The van der Waals surface area contributed by atoms with Crippen LogP contribution in [-0.4, -0.2) is 85.3 Å². The van der Waals surface area contributed by atoms with Crippen LogP contribution in [0.3, 0.4) is 0 Å². The summed E-state index contributed by atoms with van der Waals surface area (Å²) in [6.07, 6.45) is 7.63. The first-order valence-corrected chi connectivity index (χ1v) is 9.81. The third kappa shape index (κ3) is 5.15. The van der Waals surface area contributed by atoms with Crippen LogP contribution in [0.2, 0.25) is 0 Å². The predicted molar refractivity (Wildman–Crippen MR) is 94.6 cm³/mol. The van der Waals surface area contributed by atoms with Crippen molar-refractivity contribution >= 4 is 5.91 Å². The Morgan fingerprint density at radius 2 is 1.96 bits per heavy atom. The maximum atomic E-state index is 11.3. The van der Waals surface area contributed by atoms with Crippen molar-refractivity contribution in [1.82, 2.24) is 20.2 Å². The Hall–Kier alpha value is -0.690. The lowest BCUT2D eigenvalue weighted by Crippen LogP contribution is -2.48. The fourth-order valence-electron chi connectivity index (χ4n) is 4.19. The molecule has 0 aliphatic carbocycles. The third-order valence-corrected chi connectivity index (χ3v) is 5.68. The number of hydrogen-bond donors (Lipinski definition) is 1. The molecule has 3 saturated heterocycles. The van der Waals surface area contributed by atoms with Crippen molar-refractivity contribution < 1.29 is 9.53 Å². The van der Waals surface area contributed by atoms with E-state index in [4.69, 9.17) is 4.74 Å². The minimum absolute atomic E-state index is 0.208. The number of amides is 1. The maximum Gasteiger partial charge on any atom is 0.219 e. The van der Waals surface area contributed by atoms with Gasteiger partial charge in [0, 0.05) is 58.3 Å². The summed E-state index contributed by atoms with van der Waals surface area (Å²) in [5.41, 5.74) is 3.62. The second-order valence-electron chi connectivity index (χ2n) is 7.53. The predicted octanol–water partition coefficient (Wildman–Crippen LogP) is 1.08. The van der Waals surface area contributed by atoms with E-state index in [2.05, 4.69) is 15.3 Å². The molecule has 6 heteroatoms. The number of rotatable bonds is 7. The topological polar surface area (TPSA) is 48.1 Å². The van der Waals surface area contributed by atoms with Gasteiger partial charge in [0.15, 0.2) is 0 Å².